The second-order valence-corrected chi connectivity index (χ2v) is 6.89. The molecule has 0 aliphatic rings. The molecule has 0 aliphatic heterocycles. The summed E-state index contributed by atoms with van der Waals surface area (Å²) in [6.07, 6.45) is 2.33. The molecule has 3 aromatic heterocycles. The minimum Gasteiger partial charge on any atom is -0.382 e. The van der Waals surface area contributed by atoms with Crippen LogP contribution in [0.2, 0.25) is 0 Å². The van der Waals surface area contributed by atoms with E-state index in [0.29, 0.717) is 16.6 Å². The van der Waals surface area contributed by atoms with Gasteiger partial charge < -0.3 is 11.1 Å². The minimum absolute atomic E-state index is 0.0278. The summed E-state index contributed by atoms with van der Waals surface area (Å²) in [5.41, 5.74) is 7.15. The van der Waals surface area contributed by atoms with Crippen molar-refractivity contribution in [1.29, 1.82) is 5.26 Å². The van der Waals surface area contributed by atoms with Crippen molar-refractivity contribution in [3.8, 4) is 17.2 Å². The molecule has 4 rings (SSSR count). The first kappa shape index (κ1) is 20.0. The minimum atomic E-state index is -0.561. The predicted molar refractivity (Wildman–Crippen MR) is 112 cm³/mol. The lowest BCUT2D eigenvalue weighted by Gasteiger charge is -2.20. The molecular weight excluding hydrogens is 402 g/mol. The molecule has 1 atom stereocenters. The number of halogens is 2. The van der Waals surface area contributed by atoms with Crippen molar-refractivity contribution in [3.63, 3.8) is 0 Å². The molecule has 4 aromatic rings. The fourth-order valence-corrected chi connectivity index (χ4v) is 3.41. The van der Waals surface area contributed by atoms with E-state index in [1.807, 2.05) is 6.07 Å². The summed E-state index contributed by atoms with van der Waals surface area (Å²) >= 11 is 0. The third-order valence-corrected chi connectivity index (χ3v) is 4.91. The van der Waals surface area contributed by atoms with E-state index in [2.05, 4.69) is 15.3 Å². The van der Waals surface area contributed by atoms with Gasteiger partial charge in [0, 0.05) is 11.7 Å². The summed E-state index contributed by atoms with van der Waals surface area (Å²) in [6.45, 7) is 1.78. The first-order chi connectivity index (χ1) is 14.9. The number of nitrogens with two attached hydrogens (primary N) is 1. The van der Waals surface area contributed by atoms with E-state index in [1.54, 1.807) is 13.0 Å². The Morgan fingerprint density at radius 2 is 1.84 bits per heavy atom. The zero-order valence-corrected chi connectivity index (χ0v) is 16.3. The molecule has 0 saturated carbocycles. The molecule has 0 saturated heterocycles. The Bertz CT molecular complexity index is 1390. The number of aromatic nitrogens is 3. The Hall–Kier alpha value is -4.32. The Morgan fingerprint density at radius 3 is 2.55 bits per heavy atom. The molecule has 3 N–H and O–H groups in total. The molecule has 7 nitrogen and oxygen atoms in total. The van der Waals surface area contributed by atoms with Gasteiger partial charge in [-0.3, -0.25) is 9.20 Å². The molecule has 0 spiro atoms. The number of hydrogen-bond donors (Lipinski definition) is 2. The second-order valence-electron chi connectivity index (χ2n) is 6.89. The molecule has 3 heterocycles. The lowest BCUT2D eigenvalue weighted by Crippen LogP contribution is -2.21. The highest BCUT2D eigenvalue weighted by Crippen LogP contribution is 2.30. The van der Waals surface area contributed by atoms with Crippen molar-refractivity contribution in [2.75, 3.05) is 11.1 Å². The summed E-state index contributed by atoms with van der Waals surface area (Å²) in [5, 5.41) is 12.5. The molecule has 0 unspecified atom stereocenters. The molecule has 1 aromatic carbocycles. The van der Waals surface area contributed by atoms with E-state index in [1.165, 1.54) is 47.1 Å². The highest BCUT2D eigenvalue weighted by atomic mass is 19.1. The quantitative estimate of drug-likeness (QED) is 0.524. The molecule has 9 heteroatoms. The van der Waals surface area contributed by atoms with Crippen LogP contribution in [0.1, 0.15) is 24.1 Å². The average molecular weight is 418 g/mol. The number of benzene rings is 1. The van der Waals surface area contributed by atoms with Gasteiger partial charge in [0.15, 0.2) is 0 Å². The van der Waals surface area contributed by atoms with Gasteiger partial charge >= 0.3 is 0 Å². The van der Waals surface area contributed by atoms with Crippen LogP contribution < -0.4 is 16.6 Å². The number of nitrogens with zero attached hydrogens (tertiary/aromatic N) is 4. The van der Waals surface area contributed by atoms with E-state index >= 15 is 0 Å². The number of nitrogen functional groups attached to an aromatic ring is 1. The van der Waals surface area contributed by atoms with E-state index in [9.17, 15) is 18.8 Å². The third-order valence-electron chi connectivity index (χ3n) is 4.91. The van der Waals surface area contributed by atoms with E-state index < -0.39 is 23.2 Å². The Kier molecular flexibility index (Phi) is 5.05. The van der Waals surface area contributed by atoms with Gasteiger partial charge in [-0.05, 0) is 48.4 Å². The van der Waals surface area contributed by atoms with Crippen LogP contribution in [0, 0.1) is 23.0 Å². The average Bonchev–Trinajstić information content (AvgIpc) is 2.75. The normalized spacial score (nSPS) is 11.8. The van der Waals surface area contributed by atoms with Gasteiger partial charge in [-0.15, -0.1) is 0 Å². The fraction of sp³-hybridized carbons (Fsp3) is 0.0909. The van der Waals surface area contributed by atoms with E-state index in [-0.39, 0.29) is 22.8 Å². The first-order valence-corrected chi connectivity index (χ1v) is 9.27. The summed E-state index contributed by atoms with van der Waals surface area (Å²) < 4.78 is 28.5. The van der Waals surface area contributed by atoms with E-state index in [4.69, 9.17) is 5.73 Å². The van der Waals surface area contributed by atoms with Crippen LogP contribution >= 0.6 is 0 Å². The zero-order valence-electron chi connectivity index (χ0n) is 16.3. The first-order valence-electron chi connectivity index (χ1n) is 9.27. The zero-order chi connectivity index (χ0) is 22.1. The van der Waals surface area contributed by atoms with E-state index in [0.717, 1.165) is 6.20 Å². The maximum Gasteiger partial charge on any atom is 0.263 e. The molecule has 31 heavy (non-hydrogen) atoms. The fourth-order valence-electron chi connectivity index (χ4n) is 3.41. The lowest BCUT2D eigenvalue weighted by atomic mass is 9.96. The maximum absolute atomic E-state index is 13.8. The molecule has 0 radical (unpaired) electrons. The summed E-state index contributed by atoms with van der Waals surface area (Å²) in [4.78, 5) is 21.2. The van der Waals surface area contributed by atoms with Gasteiger partial charge in [0.2, 0.25) is 0 Å². The summed E-state index contributed by atoms with van der Waals surface area (Å²) in [6, 6.07) is 11.4. The number of pyridine rings is 2. The Labute approximate surface area is 175 Å². The Balaban J connectivity index is 1.92. The van der Waals surface area contributed by atoms with Crippen molar-refractivity contribution in [3.05, 3.63) is 88.1 Å². The number of anilines is 2. The van der Waals surface area contributed by atoms with Gasteiger partial charge in [-0.25, -0.2) is 18.7 Å². The number of nitriles is 1. The largest absolute Gasteiger partial charge is 0.382 e. The number of nitrogens with one attached hydrogen (secondary N) is 1. The van der Waals surface area contributed by atoms with Gasteiger partial charge in [0.05, 0.1) is 11.6 Å². The molecular formula is C22H16F2N6O. The number of rotatable bonds is 4. The van der Waals surface area contributed by atoms with Gasteiger partial charge in [0.25, 0.3) is 5.56 Å². The van der Waals surface area contributed by atoms with Crippen molar-refractivity contribution >= 4 is 17.2 Å². The standard InChI is InChI=1S/C22H16F2N6O/c1-12(29-21-18(9-25)20(26)27-11-28-21)17-8-16-7-6-15(24)10-30(16)22(31)19(17)13-2-4-14(23)5-3-13/h2-8,10-12H,1H3,(H3,26,27,28,29)/t12-/m0/s1. The highest BCUT2D eigenvalue weighted by molar-refractivity contribution is 5.72. The van der Waals surface area contributed by atoms with Crippen LogP contribution in [-0.2, 0) is 0 Å². The third kappa shape index (κ3) is 3.67. The second kappa shape index (κ2) is 7.84. The number of hydrogen-bond acceptors (Lipinski definition) is 6. The summed E-state index contributed by atoms with van der Waals surface area (Å²) in [7, 11) is 0. The maximum atomic E-state index is 13.8. The van der Waals surface area contributed by atoms with Gasteiger partial charge in [-0.1, -0.05) is 12.1 Å². The SMILES string of the molecule is C[C@H](Nc1ncnc(N)c1C#N)c1cc2ccc(F)cn2c(=O)c1-c1ccc(F)cc1. The van der Waals surface area contributed by atoms with Crippen LogP contribution in [0.25, 0.3) is 16.6 Å². The molecule has 0 amide bonds. The van der Waals surface area contributed by atoms with Crippen LogP contribution in [0.3, 0.4) is 0 Å². The van der Waals surface area contributed by atoms with Gasteiger partial charge in [-0.2, -0.15) is 5.26 Å². The molecule has 0 bridgehead atoms. The highest BCUT2D eigenvalue weighted by Gasteiger charge is 2.20. The number of fused-ring (bicyclic) bond motifs is 1. The van der Waals surface area contributed by atoms with Crippen molar-refractivity contribution < 1.29 is 8.78 Å². The molecule has 154 valence electrons. The smallest absolute Gasteiger partial charge is 0.263 e. The monoisotopic (exact) mass is 418 g/mol. The van der Waals surface area contributed by atoms with Crippen LogP contribution in [0.5, 0.6) is 0 Å². The van der Waals surface area contributed by atoms with Crippen molar-refractivity contribution in [2.45, 2.75) is 13.0 Å². The predicted octanol–water partition coefficient (Wildman–Crippen LogP) is 3.66. The van der Waals surface area contributed by atoms with Crippen LogP contribution in [0.15, 0.2) is 59.8 Å². The molecule has 0 fully saturated rings. The topological polar surface area (TPSA) is 109 Å². The van der Waals surface area contributed by atoms with Crippen LogP contribution in [-0.4, -0.2) is 14.4 Å². The Morgan fingerprint density at radius 1 is 1.13 bits per heavy atom. The molecule has 0 aliphatic carbocycles. The summed E-state index contributed by atoms with van der Waals surface area (Å²) in [5.74, 6) is -0.765. The lowest BCUT2D eigenvalue weighted by molar-refractivity contribution is 0.618. The van der Waals surface area contributed by atoms with Gasteiger partial charge in [0.1, 0.15) is 41.2 Å². The van der Waals surface area contributed by atoms with Crippen molar-refractivity contribution in [1.82, 2.24) is 14.4 Å². The van der Waals surface area contributed by atoms with Crippen LogP contribution in [0.4, 0.5) is 20.4 Å². The van der Waals surface area contributed by atoms with Crippen molar-refractivity contribution in [2.24, 2.45) is 0 Å².